The lowest BCUT2D eigenvalue weighted by Crippen LogP contribution is -2.68. The molecule has 0 aromatic rings. The highest BCUT2D eigenvalue weighted by Gasteiger charge is 2.33. The maximum absolute atomic E-state index is 13.1. The standard InChI is InChI=1S/C32H63N9O8S/c1-3-44-14-15-47-20-21-49-28-39-30(50)41-32-25-36-8-5-33-22-31(23-34-6-9-37-26-32,24-35-7-10-38-27-32)40-29(42)4-11-45-16-17-48-19-18-46-13-12-43-2/h1,33-38H,4-28H2,2H3,(H,40,42)(H2,39,41,50). The van der Waals surface area contributed by atoms with Gasteiger partial charge in [-0.15, -0.1) is 0 Å². The molecule has 3 aliphatic rings. The molecular weight excluding hydrogens is 670 g/mol. The van der Waals surface area contributed by atoms with E-state index in [2.05, 4.69) is 54.0 Å². The van der Waals surface area contributed by atoms with Crippen LogP contribution in [0.2, 0.25) is 0 Å². The number of hydrogen-bond acceptors (Lipinski definition) is 15. The summed E-state index contributed by atoms with van der Waals surface area (Å²) in [6.07, 6.45) is 7.42. The van der Waals surface area contributed by atoms with Crippen molar-refractivity contribution in [1.29, 1.82) is 0 Å². The topological polar surface area (TPSA) is 190 Å². The van der Waals surface area contributed by atoms with Crippen LogP contribution in [0, 0.1) is 12.5 Å². The Kier molecular flexibility index (Phi) is 26.2. The minimum Gasteiger partial charge on any atom is -0.444 e. The number of thiocarbonyl (C=S) groups is 1. The summed E-state index contributed by atoms with van der Waals surface area (Å²) in [6, 6.07) is 0. The lowest BCUT2D eigenvalue weighted by atomic mass is 9.97. The zero-order valence-corrected chi connectivity index (χ0v) is 30.7. The maximum atomic E-state index is 13.1. The van der Waals surface area contributed by atoms with Crippen LogP contribution in [-0.4, -0.2) is 187 Å². The predicted octanol–water partition coefficient (Wildman–Crippen LogP) is -3.71. The number of rotatable bonds is 22. The Balaban J connectivity index is 1.82. The Bertz CT molecular complexity index is 878. The monoisotopic (exact) mass is 733 g/mol. The van der Waals surface area contributed by atoms with Crippen molar-refractivity contribution in [3.05, 3.63) is 0 Å². The lowest BCUT2D eigenvalue weighted by Gasteiger charge is -2.39. The van der Waals surface area contributed by atoms with Gasteiger partial charge in [-0.05, 0) is 12.2 Å². The van der Waals surface area contributed by atoms with Gasteiger partial charge in [0.15, 0.2) is 5.11 Å². The van der Waals surface area contributed by atoms with E-state index in [0.29, 0.717) is 117 Å². The number of methoxy groups -OCH3 is 1. The van der Waals surface area contributed by atoms with Crippen molar-refractivity contribution in [2.75, 3.05) is 165 Å². The summed E-state index contributed by atoms with van der Waals surface area (Å²) in [5.41, 5.74) is -0.923. The fraction of sp³-hybridized carbons (Fsp3) is 0.875. The van der Waals surface area contributed by atoms with Gasteiger partial charge in [-0.1, -0.05) is 6.42 Å². The molecule has 3 fully saturated rings. The van der Waals surface area contributed by atoms with E-state index in [1.807, 2.05) is 0 Å². The van der Waals surface area contributed by atoms with Crippen molar-refractivity contribution in [2.24, 2.45) is 0 Å². The van der Waals surface area contributed by atoms with Gasteiger partial charge in [0.25, 0.3) is 0 Å². The molecular formula is C32H63N9O8S. The van der Waals surface area contributed by atoms with Crippen LogP contribution in [0.15, 0.2) is 0 Å². The average molecular weight is 734 g/mol. The zero-order chi connectivity index (χ0) is 35.9. The number of ether oxygens (including phenoxy) is 7. The van der Waals surface area contributed by atoms with Crippen molar-refractivity contribution < 1.29 is 38.0 Å². The van der Waals surface area contributed by atoms with E-state index in [1.165, 1.54) is 0 Å². The number of carbonyl (C=O) groups excluding carboxylic acids is 1. The van der Waals surface area contributed by atoms with Gasteiger partial charge in [0.1, 0.15) is 19.4 Å². The van der Waals surface area contributed by atoms with E-state index in [0.717, 1.165) is 39.3 Å². The first kappa shape index (κ1) is 44.2. The van der Waals surface area contributed by atoms with Gasteiger partial charge in [0.05, 0.1) is 77.1 Å². The van der Waals surface area contributed by atoms with Gasteiger partial charge in [0, 0.05) is 92.1 Å². The second-order valence-electron chi connectivity index (χ2n) is 12.0. The molecule has 18 heteroatoms. The van der Waals surface area contributed by atoms with Gasteiger partial charge in [0.2, 0.25) is 5.91 Å². The minimum absolute atomic E-state index is 0.0511. The van der Waals surface area contributed by atoms with Crippen molar-refractivity contribution in [1.82, 2.24) is 47.9 Å². The molecule has 0 unspecified atom stereocenters. The lowest BCUT2D eigenvalue weighted by molar-refractivity contribution is -0.124. The summed E-state index contributed by atoms with van der Waals surface area (Å²) in [7, 11) is 1.64. The third kappa shape index (κ3) is 22.1. The Hall–Kier alpha value is -1.96. The van der Waals surface area contributed by atoms with Crippen LogP contribution in [0.1, 0.15) is 6.42 Å². The fourth-order valence-electron chi connectivity index (χ4n) is 5.20. The molecule has 9 N–H and O–H groups in total. The van der Waals surface area contributed by atoms with Crippen LogP contribution in [0.3, 0.4) is 0 Å². The quantitative estimate of drug-likeness (QED) is 0.0229. The number of fused-ring (bicyclic) bond motifs is 15. The SMILES string of the molecule is C#COCCOCCOCNC(=S)NC12CNCCNCC(NC(=O)CCOCCOCCOCCOC)(CNCCNC1)CNCCNC2. The Morgan fingerprint density at radius 2 is 1.02 bits per heavy atom. The highest BCUT2D eigenvalue weighted by molar-refractivity contribution is 7.80. The molecule has 0 saturated carbocycles. The number of nitrogens with one attached hydrogen (secondary N) is 9. The van der Waals surface area contributed by atoms with E-state index in [1.54, 1.807) is 7.11 Å². The molecule has 1 amide bonds. The summed E-state index contributed by atoms with van der Waals surface area (Å²) < 4.78 is 37.3. The van der Waals surface area contributed by atoms with Crippen LogP contribution >= 0.6 is 12.2 Å². The Morgan fingerprint density at radius 1 is 0.620 bits per heavy atom. The average Bonchev–Trinajstić information content (AvgIpc) is 3.10. The molecule has 2 bridgehead atoms. The van der Waals surface area contributed by atoms with Gasteiger partial charge in [-0.25, -0.2) is 0 Å². The van der Waals surface area contributed by atoms with Crippen LogP contribution < -0.4 is 47.9 Å². The number of hydrogen-bond donors (Lipinski definition) is 9. The van der Waals surface area contributed by atoms with Crippen LogP contribution in [-0.2, 0) is 38.0 Å². The van der Waals surface area contributed by atoms with E-state index in [4.69, 9.17) is 51.8 Å². The summed E-state index contributed by atoms with van der Waals surface area (Å²) >= 11 is 5.66. The Labute approximate surface area is 303 Å². The molecule has 3 aliphatic heterocycles. The zero-order valence-electron chi connectivity index (χ0n) is 29.9. The number of amides is 1. The molecule has 0 aliphatic carbocycles. The maximum Gasteiger partial charge on any atom is 0.222 e. The van der Waals surface area contributed by atoms with Gasteiger partial charge in [-0.2, -0.15) is 0 Å². The van der Waals surface area contributed by atoms with E-state index in [9.17, 15) is 4.79 Å². The smallest absolute Gasteiger partial charge is 0.222 e. The predicted molar refractivity (Wildman–Crippen MR) is 195 cm³/mol. The molecule has 0 radical (unpaired) electrons. The minimum atomic E-state index is -0.523. The fourth-order valence-corrected chi connectivity index (χ4v) is 5.47. The molecule has 3 heterocycles. The summed E-state index contributed by atoms with van der Waals surface area (Å²) in [6.45, 7) is 13.4. The molecule has 50 heavy (non-hydrogen) atoms. The van der Waals surface area contributed by atoms with Crippen LogP contribution in [0.5, 0.6) is 0 Å². The first-order valence-electron chi connectivity index (χ1n) is 17.6. The van der Waals surface area contributed by atoms with Crippen LogP contribution in [0.25, 0.3) is 0 Å². The number of terminal acetylenes is 1. The Morgan fingerprint density at radius 3 is 1.48 bits per heavy atom. The van der Waals surface area contributed by atoms with E-state index in [-0.39, 0.29) is 19.1 Å². The molecule has 3 saturated heterocycles. The van der Waals surface area contributed by atoms with Gasteiger partial charge in [-0.3, -0.25) is 4.79 Å². The van der Waals surface area contributed by atoms with Gasteiger partial charge < -0.3 is 81.0 Å². The van der Waals surface area contributed by atoms with E-state index >= 15 is 0 Å². The molecule has 0 atom stereocenters. The summed E-state index contributed by atoms with van der Waals surface area (Å²) in [5.74, 6) is -0.0511. The second kappa shape index (κ2) is 29.6. The van der Waals surface area contributed by atoms with Crippen molar-refractivity contribution in [3.8, 4) is 12.5 Å². The molecule has 0 aromatic carbocycles. The third-order valence-corrected chi connectivity index (χ3v) is 8.01. The highest BCUT2D eigenvalue weighted by Crippen LogP contribution is 2.06. The third-order valence-electron chi connectivity index (χ3n) is 7.77. The largest absolute Gasteiger partial charge is 0.444 e. The van der Waals surface area contributed by atoms with Crippen molar-refractivity contribution >= 4 is 23.2 Å². The molecule has 17 nitrogen and oxygen atoms in total. The number of carbonyl (C=O) groups is 1. The van der Waals surface area contributed by atoms with E-state index < -0.39 is 11.1 Å². The van der Waals surface area contributed by atoms with Gasteiger partial charge >= 0.3 is 0 Å². The van der Waals surface area contributed by atoms with Crippen molar-refractivity contribution in [2.45, 2.75) is 17.5 Å². The highest BCUT2D eigenvalue weighted by atomic mass is 32.1. The van der Waals surface area contributed by atoms with Crippen molar-refractivity contribution in [3.63, 3.8) is 0 Å². The normalized spacial score (nSPS) is 22.5. The molecule has 290 valence electrons. The molecule has 0 aromatic heterocycles. The first-order valence-corrected chi connectivity index (χ1v) is 18.0. The summed E-state index contributed by atoms with van der Waals surface area (Å²) in [5, 5.41) is 32.0. The molecule has 0 spiro atoms. The van der Waals surface area contributed by atoms with Crippen LogP contribution in [0.4, 0.5) is 0 Å². The molecule has 3 rings (SSSR count). The summed E-state index contributed by atoms with van der Waals surface area (Å²) in [4.78, 5) is 13.1. The second-order valence-corrected chi connectivity index (χ2v) is 12.4. The first-order chi connectivity index (χ1) is 24.5.